The Labute approximate surface area is 246 Å². The van der Waals surface area contributed by atoms with Crippen LogP contribution in [0.3, 0.4) is 0 Å². The molecule has 0 spiro atoms. The van der Waals surface area contributed by atoms with Gasteiger partial charge in [-0.15, -0.1) is 0 Å². The summed E-state index contributed by atoms with van der Waals surface area (Å²) in [7, 11) is 1.62. The summed E-state index contributed by atoms with van der Waals surface area (Å²) in [6, 6.07) is 7.22. The van der Waals surface area contributed by atoms with E-state index in [0.717, 1.165) is 35.1 Å². The Hall–Kier alpha value is -2.67. The Morgan fingerprint density at radius 1 is 1.12 bits per heavy atom. The maximum atomic E-state index is 13.7. The summed E-state index contributed by atoms with van der Waals surface area (Å²) in [5, 5.41) is 34.0. The number of ketones is 1. The maximum absolute atomic E-state index is 13.7. The molecule has 1 aliphatic rings. The minimum Gasteiger partial charge on any atom is -0.508 e. The fourth-order valence-corrected chi connectivity index (χ4v) is 6.15. The quantitative estimate of drug-likeness (QED) is 0.253. The fraction of sp³-hybridized carbons (Fsp3) is 0.571. The zero-order valence-electron chi connectivity index (χ0n) is 26.2. The van der Waals surface area contributed by atoms with E-state index in [9.17, 15) is 20.1 Å². The zero-order chi connectivity index (χ0) is 30.4. The number of Topliss-reactive ketones (excluding diaryl/α,β-unsaturated/α-hetero) is 1. The Morgan fingerprint density at radius 3 is 2.46 bits per heavy atom. The largest absolute Gasteiger partial charge is 0.508 e. The van der Waals surface area contributed by atoms with E-state index in [1.165, 1.54) is 0 Å². The van der Waals surface area contributed by atoms with E-state index in [1.807, 2.05) is 52.8 Å². The molecule has 0 fully saturated rings. The van der Waals surface area contributed by atoms with Crippen LogP contribution in [0.15, 0.2) is 35.9 Å². The van der Waals surface area contributed by atoms with Crippen molar-refractivity contribution < 1.29 is 29.6 Å². The average Bonchev–Trinajstić information content (AvgIpc) is 2.91. The predicted octanol–water partition coefficient (Wildman–Crippen LogP) is 7.18. The highest BCUT2D eigenvalue weighted by Gasteiger charge is 2.29. The van der Waals surface area contributed by atoms with Crippen LogP contribution in [0, 0.1) is 18.8 Å². The van der Waals surface area contributed by atoms with Gasteiger partial charge in [-0.1, -0.05) is 51.5 Å². The summed E-state index contributed by atoms with van der Waals surface area (Å²) < 4.78 is 12.2. The van der Waals surface area contributed by atoms with Gasteiger partial charge < -0.3 is 24.8 Å². The standard InChI is InChI=1S/C35H50O6/c1-9-10-12-28-29-15-21(4)16-32(40-8)33(38)22(5)17-23(6)35(41-20(2)3)27-14-11-13-26(24(27)7)30(36)18-25(34(29)39)19-31(28)37/h11,13-14,17,19-22,32-33,35,37-39H,9-10,12,15-16,18H2,1-8H3/t21?,22?,32-,33+,35-/m0/s1. The molecule has 5 atom stereocenters. The predicted molar refractivity (Wildman–Crippen MR) is 164 cm³/mol. The Bertz CT molecular complexity index is 1230. The lowest BCUT2D eigenvalue weighted by atomic mass is 9.85. The van der Waals surface area contributed by atoms with Crippen molar-refractivity contribution in [2.45, 2.75) is 111 Å². The highest BCUT2D eigenvalue weighted by atomic mass is 16.5. The zero-order valence-corrected chi connectivity index (χ0v) is 26.2. The summed E-state index contributed by atoms with van der Waals surface area (Å²) >= 11 is 0. The van der Waals surface area contributed by atoms with Gasteiger partial charge in [-0.3, -0.25) is 4.79 Å². The number of methoxy groups -OCH3 is 1. The van der Waals surface area contributed by atoms with Gasteiger partial charge in [-0.2, -0.15) is 0 Å². The molecule has 4 bridgehead atoms. The van der Waals surface area contributed by atoms with Crippen molar-refractivity contribution in [3.63, 3.8) is 0 Å². The molecule has 3 rings (SSSR count). The molecule has 226 valence electrons. The van der Waals surface area contributed by atoms with Crippen LogP contribution in [0.1, 0.15) is 105 Å². The summed E-state index contributed by atoms with van der Waals surface area (Å²) in [5.74, 6) is -0.113. The number of phenols is 2. The number of benzene rings is 2. The molecular formula is C35H50O6. The van der Waals surface area contributed by atoms with Crippen molar-refractivity contribution in [2.75, 3.05) is 7.11 Å². The Morgan fingerprint density at radius 2 is 1.83 bits per heavy atom. The highest BCUT2D eigenvalue weighted by Crippen LogP contribution is 2.39. The van der Waals surface area contributed by atoms with E-state index >= 15 is 0 Å². The number of aliphatic hydroxyl groups is 1. The van der Waals surface area contributed by atoms with E-state index in [4.69, 9.17) is 9.47 Å². The SMILES string of the molecule is CCCCc1c(O)cc2c(O)c1CC(C)C[C@H](OC)[C@H](O)C(C)C=C(C)[C@H](OC(C)C)c1cccc(c1C)C(=O)C2. The Balaban J connectivity index is 2.23. The van der Waals surface area contributed by atoms with Gasteiger partial charge >= 0.3 is 0 Å². The minimum atomic E-state index is -0.755. The van der Waals surface area contributed by atoms with Gasteiger partial charge in [0.05, 0.1) is 18.3 Å². The first-order chi connectivity index (χ1) is 19.4. The third-order valence-electron chi connectivity index (χ3n) is 8.42. The van der Waals surface area contributed by atoms with Gasteiger partial charge in [-0.05, 0) is 82.1 Å². The van der Waals surface area contributed by atoms with Gasteiger partial charge in [0.25, 0.3) is 0 Å². The number of rotatable bonds is 6. The summed E-state index contributed by atoms with van der Waals surface area (Å²) in [5.41, 5.74) is 5.07. The molecule has 0 saturated heterocycles. The van der Waals surface area contributed by atoms with Crippen molar-refractivity contribution in [1.82, 2.24) is 0 Å². The first-order valence-corrected chi connectivity index (χ1v) is 15.1. The number of carbonyl (C=O) groups is 1. The van der Waals surface area contributed by atoms with Crippen molar-refractivity contribution in [3.8, 4) is 11.5 Å². The molecule has 0 radical (unpaired) electrons. The van der Waals surface area contributed by atoms with Crippen LogP contribution in [0.4, 0.5) is 0 Å². The second-order valence-electron chi connectivity index (χ2n) is 12.2. The van der Waals surface area contributed by atoms with Crippen molar-refractivity contribution in [3.05, 3.63) is 69.3 Å². The lowest BCUT2D eigenvalue weighted by molar-refractivity contribution is -0.0399. The fourth-order valence-electron chi connectivity index (χ4n) is 6.15. The van der Waals surface area contributed by atoms with E-state index in [-0.39, 0.29) is 41.6 Å². The molecule has 1 aliphatic carbocycles. The minimum absolute atomic E-state index is 0.0277. The lowest BCUT2D eigenvalue weighted by Gasteiger charge is -2.29. The smallest absolute Gasteiger partial charge is 0.167 e. The number of carbonyl (C=O) groups excluding carboxylic acids is 1. The van der Waals surface area contributed by atoms with Crippen molar-refractivity contribution in [1.29, 1.82) is 0 Å². The molecule has 2 aromatic carbocycles. The molecule has 2 unspecified atom stereocenters. The van der Waals surface area contributed by atoms with Gasteiger partial charge in [-0.25, -0.2) is 0 Å². The molecule has 6 heteroatoms. The number of phenolic OH excluding ortho intramolecular Hbond substituents is 2. The first kappa shape index (κ1) is 32.8. The summed E-state index contributed by atoms with van der Waals surface area (Å²) in [4.78, 5) is 13.7. The maximum Gasteiger partial charge on any atom is 0.167 e. The number of fused-ring (bicyclic) bond motifs is 4. The number of aliphatic hydroxyl groups excluding tert-OH is 1. The van der Waals surface area contributed by atoms with Crippen molar-refractivity contribution >= 4 is 5.78 Å². The normalized spacial score (nSPS) is 24.3. The molecule has 0 aromatic heterocycles. The van der Waals surface area contributed by atoms with Crippen LogP contribution in [-0.4, -0.2) is 46.5 Å². The second-order valence-corrected chi connectivity index (χ2v) is 12.2. The van der Waals surface area contributed by atoms with E-state index in [2.05, 4.69) is 19.9 Å². The van der Waals surface area contributed by atoms with Crippen LogP contribution in [0.2, 0.25) is 0 Å². The number of aromatic hydroxyl groups is 2. The van der Waals surface area contributed by atoms with Crippen LogP contribution >= 0.6 is 0 Å². The third kappa shape index (κ3) is 7.79. The van der Waals surface area contributed by atoms with Gasteiger partial charge in [0.1, 0.15) is 17.6 Å². The van der Waals surface area contributed by atoms with Crippen LogP contribution < -0.4 is 0 Å². The molecule has 41 heavy (non-hydrogen) atoms. The average molecular weight is 567 g/mol. The van der Waals surface area contributed by atoms with Crippen LogP contribution in [-0.2, 0) is 28.7 Å². The molecule has 6 nitrogen and oxygen atoms in total. The molecule has 2 aromatic rings. The Kier molecular flexibility index (Phi) is 11.6. The van der Waals surface area contributed by atoms with Gasteiger partial charge in [0.15, 0.2) is 5.78 Å². The van der Waals surface area contributed by atoms with E-state index in [1.54, 1.807) is 13.2 Å². The number of hydrogen-bond donors (Lipinski definition) is 3. The number of ether oxygens (including phenoxy) is 2. The molecule has 0 amide bonds. The van der Waals surface area contributed by atoms with Crippen molar-refractivity contribution in [2.24, 2.45) is 11.8 Å². The topological polar surface area (TPSA) is 96.2 Å². The lowest BCUT2D eigenvalue weighted by Crippen LogP contribution is -2.35. The van der Waals surface area contributed by atoms with Crippen LogP contribution in [0.5, 0.6) is 11.5 Å². The first-order valence-electron chi connectivity index (χ1n) is 15.1. The molecule has 0 saturated carbocycles. The second kappa shape index (κ2) is 14.5. The van der Waals surface area contributed by atoms with Gasteiger partial charge in [0.2, 0.25) is 0 Å². The molecule has 0 heterocycles. The highest BCUT2D eigenvalue weighted by molar-refractivity contribution is 5.99. The van der Waals surface area contributed by atoms with Gasteiger partial charge in [0, 0.05) is 41.7 Å². The monoisotopic (exact) mass is 566 g/mol. The molecule has 3 N–H and O–H groups in total. The number of unbranched alkanes of at least 4 members (excludes halogenated alkanes) is 1. The summed E-state index contributed by atoms with van der Waals surface area (Å²) in [6.07, 6.45) is 3.92. The summed E-state index contributed by atoms with van der Waals surface area (Å²) in [6.45, 7) is 14.0. The van der Waals surface area contributed by atoms with E-state index in [0.29, 0.717) is 36.0 Å². The molecule has 0 aliphatic heterocycles. The number of hydrogen-bond acceptors (Lipinski definition) is 6. The molecular weight excluding hydrogens is 516 g/mol. The van der Waals surface area contributed by atoms with E-state index < -0.39 is 18.3 Å². The third-order valence-corrected chi connectivity index (χ3v) is 8.42. The van der Waals surface area contributed by atoms with Crippen LogP contribution in [0.25, 0.3) is 0 Å².